The molecule has 1 rings (SSSR count). The first-order chi connectivity index (χ1) is 9.24. The minimum atomic E-state index is -0.0265. The van der Waals surface area contributed by atoms with E-state index in [2.05, 4.69) is 17.5 Å². The molecule has 1 aromatic rings. The number of rotatable bonds is 9. The van der Waals surface area contributed by atoms with Gasteiger partial charge >= 0.3 is 0 Å². The molecule has 1 N–H and O–H groups in total. The molecule has 0 aliphatic carbocycles. The Morgan fingerprint density at radius 1 is 1.26 bits per heavy atom. The van der Waals surface area contributed by atoms with E-state index in [9.17, 15) is 4.79 Å². The molecule has 0 aromatic carbocycles. The third kappa shape index (κ3) is 6.79. The number of nitrogens with zero attached hydrogens (tertiary/aromatic N) is 1. The van der Waals surface area contributed by atoms with Gasteiger partial charge in [-0.25, -0.2) is 5.43 Å². The molecule has 0 radical (unpaired) electrons. The van der Waals surface area contributed by atoms with E-state index in [0.29, 0.717) is 17.9 Å². The van der Waals surface area contributed by atoms with Crippen LogP contribution in [0.2, 0.25) is 0 Å². The largest absolute Gasteiger partial charge is 0.463 e. The number of hydrogen-bond acceptors (Lipinski definition) is 3. The first-order valence-electron chi connectivity index (χ1n) is 7.11. The van der Waals surface area contributed by atoms with Crippen LogP contribution in [-0.2, 0) is 4.79 Å². The normalized spacial score (nSPS) is 11.6. The summed E-state index contributed by atoms with van der Waals surface area (Å²) in [4.78, 5) is 11.6. The van der Waals surface area contributed by atoms with Gasteiger partial charge in [-0.05, 0) is 25.5 Å². The topological polar surface area (TPSA) is 54.6 Å². The summed E-state index contributed by atoms with van der Waals surface area (Å²) in [6, 6.07) is 3.62. The average Bonchev–Trinajstić information content (AvgIpc) is 2.94. The molecule has 0 atom stereocenters. The van der Waals surface area contributed by atoms with Crippen LogP contribution in [0.3, 0.4) is 0 Å². The predicted molar refractivity (Wildman–Crippen MR) is 77.1 cm³/mol. The van der Waals surface area contributed by atoms with Crippen LogP contribution in [0.25, 0.3) is 0 Å². The van der Waals surface area contributed by atoms with Gasteiger partial charge in [0.25, 0.3) is 0 Å². The van der Waals surface area contributed by atoms with E-state index in [1.807, 2.05) is 13.0 Å². The molecule has 0 saturated carbocycles. The molecule has 1 amide bonds. The Labute approximate surface area is 115 Å². The van der Waals surface area contributed by atoms with Crippen LogP contribution in [0.1, 0.15) is 64.6 Å². The van der Waals surface area contributed by atoms with Gasteiger partial charge in [0.15, 0.2) is 0 Å². The maximum Gasteiger partial charge on any atom is 0.240 e. The average molecular weight is 264 g/mol. The molecule has 0 bridgehead atoms. The quantitative estimate of drug-likeness (QED) is 0.418. The zero-order valence-electron chi connectivity index (χ0n) is 11.9. The molecule has 1 aromatic heterocycles. The van der Waals surface area contributed by atoms with Gasteiger partial charge in [-0.2, -0.15) is 5.10 Å². The highest BCUT2D eigenvalue weighted by molar-refractivity contribution is 5.96. The highest BCUT2D eigenvalue weighted by atomic mass is 16.3. The van der Waals surface area contributed by atoms with Crippen LogP contribution < -0.4 is 5.43 Å². The van der Waals surface area contributed by atoms with Crippen molar-refractivity contribution < 1.29 is 9.21 Å². The first kappa shape index (κ1) is 15.5. The Kier molecular flexibility index (Phi) is 7.63. The number of hydrazone groups is 1. The summed E-state index contributed by atoms with van der Waals surface area (Å²) in [6.07, 6.45) is 9.22. The molecule has 1 heterocycles. The van der Waals surface area contributed by atoms with E-state index in [1.54, 1.807) is 12.3 Å². The summed E-state index contributed by atoms with van der Waals surface area (Å²) in [5, 5.41) is 4.02. The van der Waals surface area contributed by atoms with E-state index >= 15 is 0 Å². The fraction of sp³-hybridized carbons (Fsp3) is 0.600. The maximum atomic E-state index is 11.6. The molecular weight excluding hydrogens is 240 g/mol. The predicted octanol–water partition coefficient (Wildman–Crippen LogP) is 3.87. The molecular formula is C15H24N2O2. The summed E-state index contributed by atoms with van der Waals surface area (Å²) in [7, 11) is 0. The fourth-order valence-electron chi connectivity index (χ4n) is 1.81. The van der Waals surface area contributed by atoms with Crippen LogP contribution in [-0.4, -0.2) is 11.6 Å². The van der Waals surface area contributed by atoms with Gasteiger partial charge in [0.05, 0.1) is 6.26 Å². The number of furan rings is 1. The van der Waals surface area contributed by atoms with Crippen LogP contribution in [0.5, 0.6) is 0 Å². The summed E-state index contributed by atoms with van der Waals surface area (Å²) in [5.41, 5.74) is 3.24. The van der Waals surface area contributed by atoms with Crippen molar-refractivity contribution in [3.63, 3.8) is 0 Å². The molecule has 4 heteroatoms. The molecule has 19 heavy (non-hydrogen) atoms. The van der Waals surface area contributed by atoms with Gasteiger partial charge in [0.2, 0.25) is 5.91 Å². The fourth-order valence-corrected chi connectivity index (χ4v) is 1.81. The van der Waals surface area contributed by atoms with E-state index in [4.69, 9.17) is 4.42 Å². The van der Waals surface area contributed by atoms with Gasteiger partial charge < -0.3 is 4.42 Å². The van der Waals surface area contributed by atoms with Crippen LogP contribution >= 0.6 is 0 Å². The van der Waals surface area contributed by atoms with Crippen LogP contribution in [0.15, 0.2) is 27.9 Å². The van der Waals surface area contributed by atoms with E-state index in [0.717, 1.165) is 12.8 Å². The first-order valence-corrected chi connectivity index (χ1v) is 7.11. The van der Waals surface area contributed by atoms with Crippen molar-refractivity contribution in [1.82, 2.24) is 5.43 Å². The number of hydrogen-bond donors (Lipinski definition) is 1. The molecule has 0 fully saturated rings. The van der Waals surface area contributed by atoms with Crippen molar-refractivity contribution in [2.75, 3.05) is 0 Å². The molecule has 4 nitrogen and oxygen atoms in total. The standard InChI is InChI=1S/C15H24N2O2/c1-3-4-5-6-7-8-11-15(18)17-16-13(2)14-10-9-12-19-14/h9-10,12H,3-8,11H2,1-2H3,(H,17,18). The van der Waals surface area contributed by atoms with Crippen molar-refractivity contribution in [2.24, 2.45) is 5.10 Å². The number of amides is 1. The third-order valence-corrected chi connectivity index (χ3v) is 2.98. The third-order valence-electron chi connectivity index (χ3n) is 2.98. The molecule has 0 aliphatic heterocycles. The Hall–Kier alpha value is -1.58. The number of nitrogens with one attached hydrogen (secondary N) is 1. The molecule has 0 spiro atoms. The van der Waals surface area contributed by atoms with Gasteiger partial charge in [-0.15, -0.1) is 0 Å². The molecule has 0 aliphatic rings. The zero-order valence-corrected chi connectivity index (χ0v) is 11.9. The van der Waals surface area contributed by atoms with Gasteiger partial charge in [0.1, 0.15) is 11.5 Å². The van der Waals surface area contributed by atoms with Crippen molar-refractivity contribution in [3.8, 4) is 0 Å². The smallest absolute Gasteiger partial charge is 0.240 e. The Morgan fingerprint density at radius 2 is 2.00 bits per heavy atom. The number of carbonyl (C=O) groups excluding carboxylic acids is 1. The Morgan fingerprint density at radius 3 is 2.68 bits per heavy atom. The molecule has 0 unspecified atom stereocenters. The minimum Gasteiger partial charge on any atom is -0.463 e. The Balaban J connectivity index is 2.12. The lowest BCUT2D eigenvalue weighted by Gasteiger charge is -2.01. The summed E-state index contributed by atoms with van der Waals surface area (Å²) >= 11 is 0. The molecule has 106 valence electrons. The van der Waals surface area contributed by atoms with Crippen molar-refractivity contribution in [1.29, 1.82) is 0 Å². The van der Waals surface area contributed by atoms with Crippen molar-refractivity contribution >= 4 is 11.6 Å². The second-order valence-electron chi connectivity index (χ2n) is 4.73. The van der Waals surface area contributed by atoms with Crippen molar-refractivity contribution in [3.05, 3.63) is 24.2 Å². The lowest BCUT2D eigenvalue weighted by Crippen LogP contribution is -2.18. The monoisotopic (exact) mass is 264 g/mol. The Bertz CT molecular complexity index is 383. The lowest BCUT2D eigenvalue weighted by molar-refractivity contribution is -0.121. The highest BCUT2D eigenvalue weighted by Crippen LogP contribution is 2.07. The van der Waals surface area contributed by atoms with Crippen LogP contribution in [0.4, 0.5) is 0 Å². The zero-order chi connectivity index (χ0) is 13.9. The summed E-state index contributed by atoms with van der Waals surface area (Å²) in [5.74, 6) is 0.654. The van der Waals surface area contributed by atoms with Crippen molar-refractivity contribution in [2.45, 2.75) is 58.8 Å². The van der Waals surface area contributed by atoms with Crippen LogP contribution in [0, 0.1) is 0 Å². The number of unbranched alkanes of at least 4 members (excludes halogenated alkanes) is 5. The van der Waals surface area contributed by atoms with E-state index in [-0.39, 0.29) is 5.91 Å². The van der Waals surface area contributed by atoms with Gasteiger partial charge in [-0.3, -0.25) is 4.79 Å². The van der Waals surface area contributed by atoms with Gasteiger partial charge in [-0.1, -0.05) is 39.0 Å². The highest BCUT2D eigenvalue weighted by Gasteiger charge is 2.02. The minimum absolute atomic E-state index is 0.0265. The SMILES string of the molecule is CCCCCCCCC(=O)NN=C(C)c1ccco1. The summed E-state index contributed by atoms with van der Waals surface area (Å²) < 4.78 is 5.18. The summed E-state index contributed by atoms with van der Waals surface area (Å²) in [6.45, 7) is 4.01. The second-order valence-corrected chi connectivity index (χ2v) is 4.73. The van der Waals surface area contributed by atoms with Gasteiger partial charge in [0, 0.05) is 6.42 Å². The molecule has 0 saturated heterocycles. The number of carbonyl (C=O) groups is 1. The maximum absolute atomic E-state index is 11.6. The van der Waals surface area contributed by atoms with E-state index < -0.39 is 0 Å². The second kappa shape index (κ2) is 9.36. The lowest BCUT2D eigenvalue weighted by atomic mass is 10.1. The van der Waals surface area contributed by atoms with E-state index in [1.165, 1.54) is 25.7 Å².